The van der Waals surface area contributed by atoms with Crippen LogP contribution in [0.4, 0.5) is 17.6 Å². The van der Waals surface area contributed by atoms with Gasteiger partial charge in [-0.1, -0.05) is 133 Å². The van der Waals surface area contributed by atoms with Gasteiger partial charge >= 0.3 is 12.1 Å². The van der Waals surface area contributed by atoms with Gasteiger partial charge in [0.05, 0.1) is 17.7 Å². The normalized spacial score (nSPS) is 22.3. The summed E-state index contributed by atoms with van der Waals surface area (Å²) in [6.45, 7) is 9.24. The van der Waals surface area contributed by atoms with E-state index in [1.165, 1.54) is 69.6 Å². The highest BCUT2D eigenvalue weighted by Gasteiger charge is 2.45. The van der Waals surface area contributed by atoms with Crippen molar-refractivity contribution in [2.75, 3.05) is 6.61 Å². The lowest BCUT2D eigenvalue weighted by atomic mass is 9.70. The van der Waals surface area contributed by atoms with Crippen LogP contribution in [0.1, 0.15) is 161 Å². The Hall–Kier alpha value is -5.89. The van der Waals surface area contributed by atoms with Gasteiger partial charge in [-0.05, 0) is 162 Å². The minimum Gasteiger partial charge on any atom is -0.494 e. The molecule has 1 unspecified atom stereocenters. The molecule has 1 atom stereocenters. The Kier molecular flexibility index (Phi) is 13.7. The molecule has 2 fully saturated rings. The first-order chi connectivity index (χ1) is 34.3. The lowest BCUT2D eigenvalue weighted by Gasteiger charge is -2.38. The Labute approximate surface area is 416 Å². The molecule has 6 aromatic carbocycles. The highest BCUT2D eigenvalue weighted by Crippen LogP contribution is 2.59. The fourth-order valence-corrected chi connectivity index (χ4v) is 12.5. The number of alkyl halides is 3. The first-order valence-electron chi connectivity index (χ1n) is 26.3. The highest BCUT2D eigenvalue weighted by molar-refractivity contribution is 6.09. The molecule has 4 aliphatic rings. The van der Waals surface area contributed by atoms with Crippen LogP contribution in [0.3, 0.4) is 0 Å². The van der Waals surface area contributed by atoms with Gasteiger partial charge in [-0.15, -0.1) is 0 Å². The molecule has 370 valence electrons. The molecule has 1 aliphatic heterocycles. The third kappa shape index (κ3) is 9.53. The molecule has 0 saturated heterocycles. The van der Waals surface area contributed by atoms with E-state index in [1.807, 2.05) is 60.7 Å². The summed E-state index contributed by atoms with van der Waals surface area (Å²) in [7, 11) is 0. The van der Waals surface area contributed by atoms with Gasteiger partial charge in [-0.2, -0.15) is 13.2 Å². The monoisotopic (exact) mass is 962 g/mol. The predicted molar refractivity (Wildman–Crippen MR) is 276 cm³/mol. The predicted octanol–water partition coefficient (Wildman–Crippen LogP) is 17.6. The number of unbranched alkanes of at least 4 members (excludes halogenated alkanes) is 3. The third-order valence-corrected chi connectivity index (χ3v) is 16.5. The molecule has 6 aromatic rings. The second-order valence-corrected chi connectivity index (χ2v) is 21.3. The third-order valence-electron chi connectivity index (χ3n) is 16.5. The Morgan fingerprint density at radius 2 is 1.35 bits per heavy atom. The standard InChI is InChI=1S/C63H66F4O4/c1-5-7-9-10-40-11-13-41(14-12-40)42-19-29-51(30-20-42)70-60(68)44-17-15-43(16-18-44)45-21-34-56-55(38-45)57-52-33-26-48(63(65,66)67)39-54(52)59-53(58(57)61(56,3)4)35-36-62(71-59,46-22-27-49(64)28-23-46)47-24-31-50(32-25-47)69-37-8-6-2/h15-18,21-28,31-36,38-42,51H,5-14,19-20,29-30,37H2,1-4H3/t40-,41-,42?,51?,62?. The number of benzene rings is 6. The summed E-state index contributed by atoms with van der Waals surface area (Å²) in [4.78, 5) is 13.5. The molecule has 0 spiro atoms. The van der Waals surface area contributed by atoms with Gasteiger partial charge in [0.25, 0.3) is 0 Å². The maximum absolute atomic E-state index is 14.7. The van der Waals surface area contributed by atoms with Crippen molar-refractivity contribution in [2.45, 2.75) is 141 Å². The second-order valence-electron chi connectivity index (χ2n) is 21.3. The van der Waals surface area contributed by atoms with Crippen molar-refractivity contribution in [3.8, 4) is 33.8 Å². The van der Waals surface area contributed by atoms with E-state index in [1.54, 1.807) is 18.2 Å². The molecule has 0 amide bonds. The van der Waals surface area contributed by atoms with Crippen LogP contribution in [0.25, 0.3) is 39.1 Å². The topological polar surface area (TPSA) is 44.8 Å². The second kappa shape index (κ2) is 20.0. The van der Waals surface area contributed by atoms with E-state index >= 15 is 0 Å². The van der Waals surface area contributed by atoms with E-state index in [9.17, 15) is 22.4 Å². The van der Waals surface area contributed by atoms with E-state index in [2.05, 4.69) is 45.9 Å². The summed E-state index contributed by atoms with van der Waals surface area (Å²) in [5.74, 6) is 2.78. The molecular weight excluding hydrogens is 897 g/mol. The van der Waals surface area contributed by atoms with Gasteiger partial charge in [-0.25, -0.2) is 9.18 Å². The van der Waals surface area contributed by atoms with Crippen molar-refractivity contribution < 1.29 is 36.6 Å². The Morgan fingerprint density at radius 1 is 0.704 bits per heavy atom. The Morgan fingerprint density at radius 3 is 2.01 bits per heavy atom. The summed E-state index contributed by atoms with van der Waals surface area (Å²) < 4.78 is 77.9. The van der Waals surface area contributed by atoms with Crippen molar-refractivity contribution in [1.29, 1.82) is 0 Å². The van der Waals surface area contributed by atoms with Crippen molar-refractivity contribution in [3.63, 3.8) is 0 Å². The SMILES string of the molecule is CCCCC[C@H]1CC[C@H](C2CCC(OC(=O)c3ccc(-c4ccc5c(c4)-c4c(c6c(c7cc(C(F)(F)F)ccc47)OC(c4ccc(F)cc4)(c4ccc(OCCCC)cc4)C=C6)C5(C)C)cc3)CC2)CC1. The summed E-state index contributed by atoms with van der Waals surface area (Å²) >= 11 is 0. The van der Waals surface area contributed by atoms with Gasteiger partial charge in [0.15, 0.2) is 5.60 Å². The maximum Gasteiger partial charge on any atom is 0.416 e. The summed E-state index contributed by atoms with van der Waals surface area (Å²) in [6.07, 6.45) is 16.1. The lowest BCUT2D eigenvalue weighted by Crippen LogP contribution is -2.35. The summed E-state index contributed by atoms with van der Waals surface area (Å²) in [5.41, 5.74) is 5.48. The van der Waals surface area contributed by atoms with Crippen LogP contribution >= 0.6 is 0 Å². The van der Waals surface area contributed by atoms with E-state index in [0.717, 1.165) is 95.7 Å². The van der Waals surface area contributed by atoms with Gasteiger partial charge in [0.1, 0.15) is 23.4 Å². The van der Waals surface area contributed by atoms with Crippen LogP contribution in [0.2, 0.25) is 0 Å². The van der Waals surface area contributed by atoms with Crippen LogP contribution in [-0.4, -0.2) is 18.7 Å². The van der Waals surface area contributed by atoms with E-state index < -0.39 is 28.6 Å². The molecule has 2 saturated carbocycles. The number of ether oxygens (including phenoxy) is 3. The van der Waals surface area contributed by atoms with Crippen molar-refractivity contribution in [2.24, 2.45) is 17.8 Å². The quantitative estimate of drug-likeness (QED) is 0.0620. The molecule has 71 heavy (non-hydrogen) atoms. The molecule has 3 aliphatic carbocycles. The molecule has 4 nitrogen and oxygen atoms in total. The van der Waals surface area contributed by atoms with E-state index in [4.69, 9.17) is 14.2 Å². The molecule has 1 heterocycles. The average Bonchev–Trinajstić information content (AvgIpc) is 3.62. The van der Waals surface area contributed by atoms with Crippen molar-refractivity contribution in [3.05, 3.63) is 160 Å². The average molecular weight is 963 g/mol. The van der Waals surface area contributed by atoms with E-state index in [0.29, 0.717) is 51.1 Å². The lowest BCUT2D eigenvalue weighted by molar-refractivity contribution is -0.137. The van der Waals surface area contributed by atoms with Crippen molar-refractivity contribution in [1.82, 2.24) is 0 Å². The van der Waals surface area contributed by atoms with Crippen molar-refractivity contribution >= 4 is 22.8 Å². The van der Waals surface area contributed by atoms with Crippen LogP contribution < -0.4 is 9.47 Å². The minimum atomic E-state index is -4.61. The zero-order valence-electron chi connectivity index (χ0n) is 41.6. The fourth-order valence-electron chi connectivity index (χ4n) is 12.5. The highest BCUT2D eigenvalue weighted by atomic mass is 19.4. The van der Waals surface area contributed by atoms with Gasteiger partial charge in [0.2, 0.25) is 0 Å². The molecular formula is C63H66F4O4. The van der Waals surface area contributed by atoms with Crippen LogP contribution in [0.5, 0.6) is 11.5 Å². The number of hydrogen-bond acceptors (Lipinski definition) is 4. The summed E-state index contributed by atoms with van der Waals surface area (Å²) in [6, 6.07) is 31.4. The van der Waals surface area contributed by atoms with Gasteiger partial charge in [0, 0.05) is 27.5 Å². The first-order valence-corrected chi connectivity index (χ1v) is 26.3. The number of carbonyl (C=O) groups is 1. The number of halogens is 4. The van der Waals surface area contributed by atoms with Gasteiger partial charge in [-0.3, -0.25) is 0 Å². The molecule has 0 bridgehead atoms. The molecule has 0 radical (unpaired) electrons. The first kappa shape index (κ1) is 48.7. The summed E-state index contributed by atoms with van der Waals surface area (Å²) in [5, 5.41) is 0.964. The maximum atomic E-state index is 14.7. The van der Waals surface area contributed by atoms with Crippen LogP contribution in [-0.2, 0) is 21.9 Å². The minimum absolute atomic E-state index is 0.0574. The number of esters is 1. The molecule has 8 heteroatoms. The zero-order valence-corrected chi connectivity index (χ0v) is 41.6. The number of fused-ring (bicyclic) bond motifs is 8. The van der Waals surface area contributed by atoms with E-state index in [-0.39, 0.29) is 12.1 Å². The Bertz CT molecular complexity index is 2900. The molecule has 0 N–H and O–H groups in total. The Balaban J connectivity index is 0.936. The van der Waals surface area contributed by atoms with Crippen LogP contribution in [0, 0.1) is 23.6 Å². The fraction of sp³-hybridized carbons (Fsp3) is 0.413. The van der Waals surface area contributed by atoms with Gasteiger partial charge < -0.3 is 14.2 Å². The number of rotatable bonds is 14. The molecule has 0 aromatic heterocycles. The largest absolute Gasteiger partial charge is 0.494 e. The number of carbonyl (C=O) groups excluding carboxylic acids is 1. The number of hydrogen-bond donors (Lipinski definition) is 0. The molecule has 10 rings (SSSR count). The zero-order chi connectivity index (χ0) is 49.5. The van der Waals surface area contributed by atoms with Crippen LogP contribution in [0.15, 0.2) is 115 Å². The smallest absolute Gasteiger partial charge is 0.416 e.